The van der Waals surface area contributed by atoms with Crippen LogP contribution in [0.5, 0.6) is 0 Å². The summed E-state index contributed by atoms with van der Waals surface area (Å²) in [6.07, 6.45) is 40.2. The first kappa shape index (κ1) is 50.5. The third kappa shape index (κ3) is 35.0. The molecule has 0 bridgehead atoms. The highest BCUT2D eigenvalue weighted by atomic mass is 16.6. The van der Waals surface area contributed by atoms with Crippen LogP contribution in [0.4, 0.5) is 0 Å². The first-order valence-electron chi connectivity index (χ1n) is 21.5. The SMILES string of the molecule is CCCC/C=C/CCCCCCCC(=O)OCC(COCCC(C(=O)[O-])[N+](C)(C)C)OC(=O)CCCCCCC/C=C/C=C/CCCCCCCCC. The summed E-state index contributed by atoms with van der Waals surface area (Å²) in [6, 6.07) is -0.728. The maximum atomic E-state index is 12.7. The van der Waals surface area contributed by atoms with Gasteiger partial charge < -0.3 is 28.6 Å². The molecule has 2 atom stereocenters. The van der Waals surface area contributed by atoms with E-state index in [1.807, 2.05) is 0 Å². The molecule has 0 aliphatic rings. The molecule has 0 saturated carbocycles. The number of carboxylic acids is 1. The number of carboxylic acid groups (broad SMARTS) is 1. The van der Waals surface area contributed by atoms with Crippen molar-refractivity contribution < 1.29 is 38.2 Å². The highest BCUT2D eigenvalue weighted by molar-refractivity contribution is 5.70. The van der Waals surface area contributed by atoms with E-state index in [9.17, 15) is 19.5 Å². The minimum absolute atomic E-state index is 0.0324. The highest BCUT2D eigenvalue weighted by Crippen LogP contribution is 2.13. The fourth-order valence-electron chi connectivity index (χ4n) is 6.10. The average molecular weight is 748 g/mol. The lowest BCUT2D eigenvalue weighted by molar-refractivity contribution is -0.889. The van der Waals surface area contributed by atoms with Crippen LogP contribution >= 0.6 is 0 Å². The van der Waals surface area contributed by atoms with Crippen molar-refractivity contribution in [2.45, 2.75) is 193 Å². The van der Waals surface area contributed by atoms with Crippen LogP contribution in [0.1, 0.15) is 181 Å². The number of aliphatic carboxylic acids is 1. The van der Waals surface area contributed by atoms with Gasteiger partial charge >= 0.3 is 11.9 Å². The van der Waals surface area contributed by atoms with Crippen LogP contribution in [0.25, 0.3) is 0 Å². The lowest BCUT2D eigenvalue weighted by Crippen LogP contribution is -2.55. The number of hydrogen-bond acceptors (Lipinski definition) is 7. The topological polar surface area (TPSA) is 102 Å². The summed E-state index contributed by atoms with van der Waals surface area (Å²) in [6.45, 7) is 4.59. The number of ether oxygens (including phenoxy) is 3. The van der Waals surface area contributed by atoms with Gasteiger partial charge in [-0.1, -0.05) is 140 Å². The van der Waals surface area contributed by atoms with Gasteiger partial charge in [-0.3, -0.25) is 9.59 Å². The van der Waals surface area contributed by atoms with E-state index >= 15 is 0 Å². The van der Waals surface area contributed by atoms with Crippen molar-refractivity contribution in [2.24, 2.45) is 0 Å². The number of likely N-dealkylation sites (N-methyl/N-ethyl adjacent to an activating group) is 1. The van der Waals surface area contributed by atoms with Crippen molar-refractivity contribution in [3.63, 3.8) is 0 Å². The zero-order valence-electron chi connectivity index (χ0n) is 34.9. The van der Waals surface area contributed by atoms with Crippen LogP contribution in [-0.2, 0) is 28.6 Å². The molecular formula is C45H81NO7. The van der Waals surface area contributed by atoms with Crippen molar-refractivity contribution in [1.82, 2.24) is 0 Å². The first-order chi connectivity index (χ1) is 25.6. The summed E-state index contributed by atoms with van der Waals surface area (Å²) in [5, 5.41) is 11.6. The normalized spacial score (nSPS) is 13.3. The van der Waals surface area contributed by atoms with Gasteiger partial charge in [0.15, 0.2) is 6.10 Å². The monoisotopic (exact) mass is 748 g/mol. The van der Waals surface area contributed by atoms with Crippen molar-refractivity contribution in [2.75, 3.05) is 41.0 Å². The Balaban J connectivity index is 4.38. The molecule has 0 aromatic heterocycles. The third-order valence-electron chi connectivity index (χ3n) is 9.53. The zero-order chi connectivity index (χ0) is 39.3. The van der Waals surface area contributed by atoms with E-state index in [4.69, 9.17) is 14.2 Å². The summed E-state index contributed by atoms with van der Waals surface area (Å²) in [4.78, 5) is 36.7. The van der Waals surface area contributed by atoms with E-state index in [1.165, 1.54) is 77.0 Å². The molecule has 0 rings (SSSR count). The van der Waals surface area contributed by atoms with Crippen molar-refractivity contribution >= 4 is 17.9 Å². The van der Waals surface area contributed by atoms with E-state index in [2.05, 4.69) is 50.3 Å². The molecular weight excluding hydrogens is 666 g/mol. The number of carbonyl (C=O) groups excluding carboxylic acids is 3. The molecule has 2 unspecified atom stereocenters. The third-order valence-corrected chi connectivity index (χ3v) is 9.53. The van der Waals surface area contributed by atoms with Gasteiger partial charge in [0.2, 0.25) is 0 Å². The zero-order valence-corrected chi connectivity index (χ0v) is 34.9. The second-order valence-electron chi connectivity index (χ2n) is 15.6. The molecule has 0 aromatic rings. The van der Waals surface area contributed by atoms with E-state index in [0.29, 0.717) is 12.8 Å². The molecule has 0 amide bonds. The number of rotatable bonds is 38. The molecule has 0 spiro atoms. The van der Waals surface area contributed by atoms with Crippen LogP contribution in [0.2, 0.25) is 0 Å². The number of unbranched alkanes of at least 4 members (excludes halogenated alkanes) is 19. The number of esters is 2. The summed E-state index contributed by atoms with van der Waals surface area (Å²) < 4.78 is 17.1. The Morgan fingerprint density at radius 1 is 0.566 bits per heavy atom. The van der Waals surface area contributed by atoms with Crippen molar-refractivity contribution in [3.05, 3.63) is 36.5 Å². The number of allylic oxidation sites excluding steroid dienone is 6. The number of nitrogens with zero attached hydrogens (tertiary/aromatic N) is 1. The van der Waals surface area contributed by atoms with Crippen LogP contribution in [0.3, 0.4) is 0 Å². The largest absolute Gasteiger partial charge is 0.544 e. The second-order valence-corrected chi connectivity index (χ2v) is 15.6. The lowest BCUT2D eigenvalue weighted by atomic mass is 10.1. The standard InChI is InChI=1S/C45H81NO7/c1-6-8-10-12-14-16-18-19-20-21-22-23-24-26-28-30-32-34-36-44(48)53-41(39-51-38-37-42(45(49)50)46(3,4)5)40-52-43(47)35-33-31-29-27-25-17-15-13-11-9-7-2/h13,15,20-23,41-42H,6-12,14,16-19,24-40H2,1-5H3/b15-13+,21-20+,23-22+. The Morgan fingerprint density at radius 3 is 1.53 bits per heavy atom. The maximum Gasteiger partial charge on any atom is 0.306 e. The Morgan fingerprint density at radius 2 is 1.02 bits per heavy atom. The first-order valence-corrected chi connectivity index (χ1v) is 21.5. The summed E-state index contributed by atoms with van der Waals surface area (Å²) >= 11 is 0. The second kappa shape index (κ2) is 36.5. The molecule has 0 saturated heterocycles. The predicted molar refractivity (Wildman–Crippen MR) is 217 cm³/mol. The fraction of sp³-hybridized carbons (Fsp3) is 0.800. The van der Waals surface area contributed by atoms with Gasteiger partial charge in [0, 0.05) is 19.3 Å². The van der Waals surface area contributed by atoms with E-state index in [0.717, 1.165) is 70.6 Å². The van der Waals surface area contributed by atoms with Crippen LogP contribution < -0.4 is 5.11 Å². The molecule has 8 heteroatoms. The molecule has 53 heavy (non-hydrogen) atoms. The van der Waals surface area contributed by atoms with Gasteiger partial charge in [-0.15, -0.1) is 0 Å². The molecule has 0 radical (unpaired) electrons. The number of hydrogen-bond donors (Lipinski definition) is 0. The molecule has 0 heterocycles. The summed E-state index contributed by atoms with van der Waals surface area (Å²) in [7, 11) is 5.39. The number of quaternary nitrogens is 1. The van der Waals surface area contributed by atoms with Crippen molar-refractivity contribution in [3.8, 4) is 0 Å². The van der Waals surface area contributed by atoms with Crippen molar-refractivity contribution in [1.29, 1.82) is 0 Å². The lowest BCUT2D eigenvalue weighted by Gasteiger charge is -2.34. The Bertz CT molecular complexity index is 968. The van der Waals surface area contributed by atoms with Gasteiger partial charge in [0.25, 0.3) is 0 Å². The van der Waals surface area contributed by atoms with Gasteiger partial charge in [-0.25, -0.2) is 0 Å². The number of carbonyl (C=O) groups is 3. The fourth-order valence-corrected chi connectivity index (χ4v) is 6.10. The maximum absolute atomic E-state index is 12.7. The smallest absolute Gasteiger partial charge is 0.306 e. The average Bonchev–Trinajstić information content (AvgIpc) is 3.11. The predicted octanol–water partition coefficient (Wildman–Crippen LogP) is 10.1. The molecule has 0 fully saturated rings. The van der Waals surface area contributed by atoms with Crippen LogP contribution in [0.15, 0.2) is 36.5 Å². The molecule has 0 N–H and O–H groups in total. The molecule has 0 aromatic carbocycles. The van der Waals surface area contributed by atoms with E-state index in [1.54, 1.807) is 21.1 Å². The minimum Gasteiger partial charge on any atom is -0.544 e. The Hall–Kier alpha value is -2.45. The molecule has 8 nitrogen and oxygen atoms in total. The minimum atomic E-state index is -1.13. The quantitative estimate of drug-likeness (QED) is 0.0204. The summed E-state index contributed by atoms with van der Waals surface area (Å²) in [5.41, 5.74) is 0. The Kier molecular flexibility index (Phi) is 34.8. The van der Waals surface area contributed by atoms with Crippen LogP contribution in [-0.4, -0.2) is 75.5 Å². The molecule has 308 valence electrons. The summed E-state index contributed by atoms with van der Waals surface area (Å²) in [5.74, 6) is -1.77. The van der Waals surface area contributed by atoms with Crippen LogP contribution in [0, 0.1) is 0 Å². The van der Waals surface area contributed by atoms with E-state index in [-0.39, 0.29) is 42.7 Å². The van der Waals surface area contributed by atoms with Gasteiger partial charge in [-0.2, -0.15) is 0 Å². The van der Waals surface area contributed by atoms with Gasteiger partial charge in [0.05, 0.1) is 40.3 Å². The Labute approximate surface area is 325 Å². The van der Waals surface area contributed by atoms with E-state index < -0.39 is 18.1 Å². The van der Waals surface area contributed by atoms with Gasteiger partial charge in [-0.05, 0) is 57.8 Å². The highest BCUT2D eigenvalue weighted by Gasteiger charge is 2.25. The molecule has 0 aliphatic carbocycles. The van der Waals surface area contributed by atoms with Gasteiger partial charge in [0.1, 0.15) is 12.6 Å². The molecule has 0 aliphatic heterocycles.